The fourth-order valence-electron chi connectivity index (χ4n) is 1.45. The summed E-state index contributed by atoms with van der Waals surface area (Å²) in [4.78, 5) is -0.0307. The molecule has 0 unspecified atom stereocenters. The fraction of sp³-hybridized carbons (Fsp3) is 0.167. The van der Waals surface area contributed by atoms with Crippen LogP contribution in [0.4, 0.5) is 6.01 Å². The largest absolute Gasteiger partial charge is 0.408 e. The molecule has 7 nitrogen and oxygen atoms in total. The molecule has 0 saturated carbocycles. The summed E-state index contributed by atoms with van der Waals surface area (Å²) in [5.74, 6) is 5.23. The molecule has 0 spiro atoms. The second kappa shape index (κ2) is 5.73. The van der Waals surface area contributed by atoms with Crippen molar-refractivity contribution in [2.75, 3.05) is 11.3 Å². The zero-order valence-electron chi connectivity index (χ0n) is 10.5. The first kappa shape index (κ1) is 14.0. The number of aliphatic hydroxyl groups excluding tert-OH is 1. The third-order valence-corrected chi connectivity index (χ3v) is 3.60. The first-order valence-corrected chi connectivity index (χ1v) is 7.03. The Morgan fingerprint density at radius 3 is 2.75 bits per heavy atom. The molecule has 104 valence electrons. The summed E-state index contributed by atoms with van der Waals surface area (Å²) >= 11 is 0. The molecule has 1 aromatic heterocycles. The molecule has 2 aromatic rings. The highest BCUT2D eigenvalue weighted by Crippen LogP contribution is 2.18. The van der Waals surface area contributed by atoms with Crippen LogP contribution in [0.5, 0.6) is 0 Å². The Hall–Kier alpha value is -2.37. The number of sulfonamides is 1. The van der Waals surface area contributed by atoms with Crippen molar-refractivity contribution < 1.29 is 17.9 Å². The summed E-state index contributed by atoms with van der Waals surface area (Å²) < 4.78 is 31.6. The first-order chi connectivity index (χ1) is 9.53. The van der Waals surface area contributed by atoms with Crippen LogP contribution in [-0.4, -0.2) is 30.3 Å². The number of rotatable bonds is 3. The highest BCUT2D eigenvalue weighted by Gasteiger charge is 2.20. The van der Waals surface area contributed by atoms with Gasteiger partial charge in [0.1, 0.15) is 11.5 Å². The van der Waals surface area contributed by atoms with E-state index >= 15 is 0 Å². The summed E-state index contributed by atoms with van der Waals surface area (Å²) in [5.41, 5.74) is 0.269. The van der Waals surface area contributed by atoms with Gasteiger partial charge in [-0.25, -0.2) is 13.1 Å². The molecule has 0 aliphatic heterocycles. The van der Waals surface area contributed by atoms with Crippen molar-refractivity contribution in [3.63, 3.8) is 0 Å². The fourth-order valence-corrected chi connectivity index (χ4v) is 2.54. The van der Waals surface area contributed by atoms with Gasteiger partial charge in [0.25, 0.3) is 10.0 Å². The van der Waals surface area contributed by atoms with E-state index in [2.05, 4.69) is 26.8 Å². The number of hydrogen-bond acceptors (Lipinski definition) is 6. The van der Waals surface area contributed by atoms with E-state index in [9.17, 15) is 8.42 Å². The van der Waals surface area contributed by atoms with Gasteiger partial charge in [-0.1, -0.05) is 29.1 Å². The van der Waals surface area contributed by atoms with Crippen LogP contribution < -0.4 is 4.72 Å². The van der Waals surface area contributed by atoms with Gasteiger partial charge in [-0.3, -0.25) is 0 Å². The Kier molecular flexibility index (Phi) is 4.02. The van der Waals surface area contributed by atoms with E-state index in [1.54, 1.807) is 19.1 Å². The molecule has 0 bridgehead atoms. The summed E-state index contributed by atoms with van der Waals surface area (Å²) in [5, 5.41) is 15.8. The highest BCUT2D eigenvalue weighted by atomic mass is 32.2. The van der Waals surface area contributed by atoms with Crippen molar-refractivity contribution in [1.29, 1.82) is 0 Å². The van der Waals surface area contributed by atoms with Crippen molar-refractivity contribution in [3.05, 3.63) is 35.7 Å². The summed E-state index contributed by atoms with van der Waals surface area (Å²) in [6.45, 7) is 1.19. The highest BCUT2D eigenvalue weighted by molar-refractivity contribution is 7.92. The average Bonchev–Trinajstić information content (AvgIpc) is 2.81. The number of nitrogens with zero attached hydrogens (tertiary/aromatic N) is 2. The monoisotopic (exact) mass is 293 g/mol. The Labute approximate surface area is 115 Å². The lowest BCUT2D eigenvalue weighted by Crippen LogP contribution is -2.14. The standard InChI is InChI=1S/C12H11N3O4S/c1-9-13-14-12(19-9)15-20(17,18)11-7-3-2-5-10(11)6-4-8-16/h2-3,5,7,16H,8H2,1H3,(H,14,15). The van der Waals surface area contributed by atoms with Crippen LogP contribution in [0, 0.1) is 18.8 Å². The Bertz CT molecular complexity index is 771. The normalized spacial score (nSPS) is 10.7. The van der Waals surface area contributed by atoms with E-state index in [0.717, 1.165) is 0 Å². The van der Waals surface area contributed by atoms with Gasteiger partial charge in [-0.15, -0.1) is 5.10 Å². The van der Waals surface area contributed by atoms with Crippen molar-refractivity contribution in [2.45, 2.75) is 11.8 Å². The number of aromatic nitrogens is 2. The molecule has 0 atom stereocenters. The van der Waals surface area contributed by atoms with Crippen LogP contribution in [-0.2, 0) is 10.0 Å². The number of aliphatic hydroxyl groups is 1. The number of anilines is 1. The number of nitrogens with one attached hydrogen (secondary N) is 1. The van der Waals surface area contributed by atoms with Gasteiger partial charge < -0.3 is 9.52 Å². The van der Waals surface area contributed by atoms with Crippen LogP contribution in [0.1, 0.15) is 11.5 Å². The van der Waals surface area contributed by atoms with Crippen molar-refractivity contribution in [1.82, 2.24) is 10.2 Å². The average molecular weight is 293 g/mol. The Morgan fingerprint density at radius 2 is 2.10 bits per heavy atom. The summed E-state index contributed by atoms with van der Waals surface area (Å²) in [6, 6.07) is 5.94. The molecule has 20 heavy (non-hydrogen) atoms. The smallest absolute Gasteiger partial charge is 0.329 e. The maximum atomic E-state index is 12.2. The third kappa shape index (κ3) is 3.14. The molecule has 0 saturated heterocycles. The molecule has 0 amide bonds. The van der Waals surface area contributed by atoms with Gasteiger partial charge >= 0.3 is 6.01 Å². The number of benzene rings is 1. The van der Waals surface area contributed by atoms with E-state index in [1.165, 1.54) is 12.1 Å². The first-order valence-electron chi connectivity index (χ1n) is 5.54. The van der Waals surface area contributed by atoms with Gasteiger partial charge in [0.05, 0.1) is 0 Å². The predicted molar refractivity (Wildman–Crippen MR) is 70.2 cm³/mol. The third-order valence-electron chi connectivity index (χ3n) is 2.23. The quantitative estimate of drug-likeness (QED) is 0.799. The number of hydrogen-bond donors (Lipinski definition) is 2. The van der Waals surface area contributed by atoms with E-state index in [-0.39, 0.29) is 29.0 Å². The lowest BCUT2D eigenvalue weighted by molar-refractivity contribution is 0.350. The Balaban J connectivity index is 2.39. The minimum absolute atomic E-state index is 0.0307. The maximum absolute atomic E-state index is 12.2. The zero-order valence-corrected chi connectivity index (χ0v) is 11.3. The van der Waals surface area contributed by atoms with E-state index < -0.39 is 10.0 Å². The second-order valence-electron chi connectivity index (χ2n) is 3.69. The Morgan fingerprint density at radius 1 is 1.35 bits per heavy atom. The lowest BCUT2D eigenvalue weighted by atomic mass is 10.2. The van der Waals surface area contributed by atoms with Crippen LogP contribution >= 0.6 is 0 Å². The number of aryl methyl sites for hydroxylation is 1. The molecule has 1 heterocycles. The van der Waals surface area contributed by atoms with Gasteiger partial charge in [-0.05, 0) is 12.1 Å². The minimum Gasteiger partial charge on any atom is -0.408 e. The molecular formula is C12H11N3O4S. The summed E-state index contributed by atoms with van der Waals surface area (Å²) in [6.07, 6.45) is 0. The van der Waals surface area contributed by atoms with E-state index in [4.69, 9.17) is 9.52 Å². The summed E-state index contributed by atoms with van der Waals surface area (Å²) in [7, 11) is -3.89. The molecule has 2 N–H and O–H groups in total. The minimum atomic E-state index is -3.89. The molecule has 0 radical (unpaired) electrons. The molecule has 0 aliphatic rings. The predicted octanol–water partition coefficient (Wildman–Crippen LogP) is 0.523. The van der Waals surface area contributed by atoms with Crippen LogP contribution in [0.2, 0.25) is 0 Å². The molecule has 0 fully saturated rings. The molecule has 2 rings (SSSR count). The molecular weight excluding hydrogens is 282 g/mol. The van der Waals surface area contributed by atoms with Crippen LogP contribution in [0.3, 0.4) is 0 Å². The van der Waals surface area contributed by atoms with Crippen molar-refractivity contribution >= 4 is 16.0 Å². The van der Waals surface area contributed by atoms with Crippen LogP contribution in [0.25, 0.3) is 0 Å². The van der Waals surface area contributed by atoms with Crippen molar-refractivity contribution in [3.8, 4) is 11.8 Å². The molecule has 0 aliphatic carbocycles. The molecule has 1 aromatic carbocycles. The molecule has 8 heteroatoms. The van der Waals surface area contributed by atoms with E-state index in [0.29, 0.717) is 0 Å². The van der Waals surface area contributed by atoms with Crippen LogP contribution in [0.15, 0.2) is 33.6 Å². The zero-order chi connectivity index (χ0) is 14.6. The lowest BCUT2D eigenvalue weighted by Gasteiger charge is -2.06. The van der Waals surface area contributed by atoms with Gasteiger partial charge in [0.2, 0.25) is 5.89 Å². The maximum Gasteiger partial charge on any atom is 0.329 e. The van der Waals surface area contributed by atoms with Gasteiger partial charge in [0, 0.05) is 12.5 Å². The topological polar surface area (TPSA) is 105 Å². The van der Waals surface area contributed by atoms with Gasteiger partial charge in [0.15, 0.2) is 0 Å². The SMILES string of the molecule is Cc1nnc(NS(=O)(=O)c2ccccc2C#CCO)o1. The van der Waals surface area contributed by atoms with Crippen molar-refractivity contribution in [2.24, 2.45) is 0 Å². The second-order valence-corrected chi connectivity index (χ2v) is 5.34. The van der Waals surface area contributed by atoms with Gasteiger partial charge in [-0.2, -0.15) is 0 Å². The van der Waals surface area contributed by atoms with E-state index in [1.807, 2.05) is 0 Å².